The fourth-order valence-corrected chi connectivity index (χ4v) is 6.03. The van der Waals surface area contributed by atoms with Crippen molar-refractivity contribution in [2.45, 2.75) is 37.6 Å². The third-order valence-electron chi connectivity index (χ3n) is 6.87. The Hall–Kier alpha value is -3.72. The zero-order valence-corrected chi connectivity index (χ0v) is 19.9. The lowest BCUT2D eigenvalue weighted by molar-refractivity contribution is -0.127. The van der Waals surface area contributed by atoms with Gasteiger partial charge in [-0.1, -0.05) is 18.7 Å². The van der Waals surface area contributed by atoms with Crippen molar-refractivity contribution in [2.24, 2.45) is 0 Å². The van der Waals surface area contributed by atoms with E-state index in [9.17, 15) is 14.4 Å². The molecule has 4 heterocycles. The molecule has 0 bridgehead atoms. The van der Waals surface area contributed by atoms with Gasteiger partial charge in [0.25, 0.3) is 5.91 Å². The molecule has 1 saturated carbocycles. The minimum absolute atomic E-state index is 0.132. The smallest absolute Gasteiger partial charge is 0.331 e. The summed E-state index contributed by atoms with van der Waals surface area (Å²) in [6, 6.07) is 9.47. The topological polar surface area (TPSA) is 94.6 Å². The van der Waals surface area contributed by atoms with Crippen LogP contribution in [0.3, 0.4) is 0 Å². The van der Waals surface area contributed by atoms with E-state index >= 15 is 0 Å². The molecule has 2 fully saturated rings. The highest BCUT2D eigenvalue weighted by Crippen LogP contribution is 2.47. The molecule has 3 aliphatic rings. The number of benzene rings is 1. The SMILES string of the molecule is C=CC(=O)N1CCCC(NC(=O)c2sc3nccc4c3c2NC(=O)N4c2cccc(C3CC3)c2)C1. The molecule has 1 aliphatic carbocycles. The highest BCUT2D eigenvalue weighted by molar-refractivity contribution is 7.21. The zero-order chi connectivity index (χ0) is 24.1. The van der Waals surface area contributed by atoms with Crippen LogP contribution in [0.4, 0.5) is 21.9 Å². The molecule has 1 unspecified atom stereocenters. The van der Waals surface area contributed by atoms with Crippen LogP contribution in [0, 0.1) is 0 Å². The second-order valence-electron chi connectivity index (χ2n) is 9.25. The summed E-state index contributed by atoms with van der Waals surface area (Å²) in [4.78, 5) is 47.6. The standard InChI is InChI=1S/C26H25N5O3S/c1-2-20(32)30-12-4-6-17(14-30)28-24(33)23-22-21-19(10-11-27-25(21)35-23)31(26(34)29-22)18-7-3-5-16(13-18)15-8-9-15/h2-3,5,7,10-11,13,15,17H,1,4,6,8-9,12,14H2,(H,28,33)(H,29,34). The average Bonchev–Trinajstić information content (AvgIpc) is 3.66. The van der Waals surface area contributed by atoms with E-state index < -0.39 is 0 Å². The summed E-state index contributed by atoms with van der Waals surface area (Å²) in [7, 11) is 0. The predicted octanol–water partition coefficient (Wildman–Crippen LogP) is 4.76. The Kier molecular flexibility index (Phi) is 5.29. The van der Waals surface area contributed by atoms with Gasteiger partial charge in [0.05, 0.1) is 22.4 Å². The molecule has 1 aromatic carbocycles. The number of likely N-dealkylation sites (tertiary alicyclic amines) is 1. The Morgan fingerprint density at radius 3 is 2.89 bits per heavy atom. The number of carbonyl (C=O) groups excluding carboxylic acids is 3. The normalized spacial score (nSPS) is 19.4. The lowest BCUT2D eigenvalue weighted by Gasteiger charge is -2.32. The second-order valence-corrected chi connectivity index (χ2v) is 10.3. The van der Waals surface area contributed by atoms with Crippen molar-refractivity contribution < 1.29 is 14.4 Å². The van der Waals surface area contributed by atoms with Gasteiger partial charge in [0.1, 0.15) is 9.71 Å². The molecule has 1 saturated heterocycles. The number of hydrogen-bond acceptors (Lipinski definition) is 5. The van der Waals surface area contributed by atoms with E-state index in [2.05, 4.69) is 34.3 Å². The molecule has 8 nitrogen and oxygen atoms in total. The molecule has 3 aromatic rings. The van der Waals surface area contributed by atoms with Crippen molar-refractivity contribution in [1.82, 2.24) is 15.2 Å². The van der Waals surface area contributed by atoms with Gasteiger partial charge in [0.2, 0.25) is 5.91 Å². The van der Waals surface area contributed by atoms with E-state index in [1.807, 2.05) is 18.2 Å². The second kappa shape index (κ2) is 8.49. The molecular weight excluding hydrogens is 462 g/mol. The van der Waals surface area contributed by atoms with Crippen molar-refractivity contribution in [2.75, 3.05) is 23.3 Å². The lowest BCUT2D eigenvalue weighted by Crippen LogP contribution is -2.49. The minimum Gasteiger partial charge on any atom is -0.347 e. The summed E-state index contributed by atoms with van der Waals surface area (Å²) in [5.41, 5.74) is 3.27. The number of thiophene rings is 1. The quantitative estimate of drug-likeness (QED) is 0.507. The number of pyridine rings is 1. The Balaban J connectivity index is 1.32. The van der Waals surface area contributed by atoms with Crippen LogP contribution in [0.2, 0.25) is 0 Å². The minimum atomic E-state index is -0.300. The first kappa shape index (κ1) is 21.8. The maximum atomic E-state index is 13.3. The summed E-state index contributed by atoms with van der Waals surface area (Å²) in [5.74, 6) is 0.175. The first-order valence-electron chi connectivity index (χ1n) is 11.9. The van der Waals surface area contributed by atoms with Crippen LogP contribution in [0.25, 0.3) is 10.2 Å². The average molecular weight is 488 g/mol. The maximum absolute atomic E-state index is 13.3. The number of urea groups is 1. The summed E-state index contributed by atoms with van der Waals surface area (Å²) < 4.78 is 0. The van der Waals surface area contributed by atoms with E-state index in [0.29, 0.717) is 34.4 Å². The summed E-state index contributed by atoms with van der Waals surface area (Å²) >= 11 is 1.27. The van der Waals surface area contributed by atoms with E-state index in [1.165, 1.54) is 35.8 Å². The fourth-order valence-electron chi connectivity index (χ4n) is 5.01. The van der Waals surface area contributed by atoms with Gasteiger partial charge in [-0.2, -0.15) is 0 Å². The number of piperidine rings is 1. The Morgan fingerprint density at radius 2 is 2.09 bits per heavy atom. The van der Waals surface area contributed by atoms with Crippen LogP contribution in [0.15, 0.2) is 49.2 Å². The number of hydrogen-bond donors (Lipinski definition) is 2. The number of aromatic nitrogens is 1. The van der Waals surface area contributed by atoms with Crippen molar-refractivity contribution in [3.05, 3.63) is 59.6 Å². The highest BCUT2D eigenvalue weighted by atomic mass is 32.1. The number of nitrogens with zero attached hydrogens (tertiary/aromatic N) is 3. The summed E-state index contributed by atoms with van der Waals surface area (Å²) in [5, 5.41) is 6.79. The van der Waals surface area contributed by atoms with Crippen LogP contribution in [-0.4, -0.2) is 46.9 Å². The molecule has 0 radical (unpaired) electrons. The first-order valence-corrected chi connectivity index (χ1v) is 12.7. The van der Waals surface area contributed by atoms with Crippen LogP contribution >= 0.6 is 11.3 Å². The molecule has 9 heteroatoms. The molecule has 4 amide bonds. The van der Waals surface area contributed by atoms with Crippen LogP contribution in [0.1, 0.15) is 46.8 Å². The molecule has 1 atom stereocenters. The first-order chi connectivity index (χ1) is 17.0. The van der Waals surface area contributed by atoms with Gasteiger partial charge in [-0.05, 0) is 61.4 Å². The third-order valence-corrected chi connectivity index (χ3v) is 7.97. The number of carbonyl (C=O) groups is 3. The molecule has 2 aromatic heterocycles. The van der Waals surface area contributed by atoms with E-state index in [0.717, 1.165) is 29.6 Å². The van der Waals surface area contributed by atoms with E-state index in [1.54, 1.807) is 16.0 Å². The Bertz CT molecular complexity index is 1380. The largest absolute Gasteiger partial charge is 0.347 e. The van der Waals surface area contributed by atoms with Gasteiger partial charge >= 0.3 is 6.03 Å². The molecule has 178 valence electrons. The molecule has 6 rings (SSSR count). The number of amides is 4. The summed E-state index contributed by atoms with van der Waals surface area (Å²) in [6.07, 6.45) is 6.94. The van der Waals surface area contributed by atoms with E-state index in [4.69, 9.17) is 0 Å². The van der Waals surface area contributed by atoms with Crippen molar-refractivity contribution in [3.63, 3.8) is 0 Å². The van der Waals surface area contributed by atoms with Crippen LogP contribution < -0.4 is 15.5 Å². The Morgan fingerprint density at radius 1 is 1.23 bits per heavy atom. The van der Waals surface area contributed by atoms with E-state index in [-0.39, 0.29) is 23.9 Å². The van der Waals surface area contributed by atoms with Crippen molar-refractivity contribution in [1.29, 1.82) is 0 Å². The van der Waals surface area contributed by atoms with Crippen molar-refractivity contribution in [3.8, 4) is 0 Å². The number of nitrogens with one attached hydrogen (secondary N) is 2. The molecule has 35 heavy (non-hydrogen) atoms. The molecular formula is C26H25N5O3S. The molecule has 2 N–H and O–H groups in total. The highest BCUT2D eigenvalue weighted by Gasteiger charge is 2.34. The van der Waals surface area contributed by atoms with Crippen LogP contribution in [0.5, 0.6) is 0 Å². The molecule has 2 aliphatic heterocycles. The Labute approximate surface area is 206 Å². The lowest BCUT2D eigenvalue weighted by atomic mass is 10.1. The van der Waals surface area contributed by atoms with Crippen LogP contribution in [-0.2, 0) is 4.79 Å². The number of rotatable bonds is 5. The maximum Gasteiger partial charge on any atom is 0.331 e. The molecule has 0 spiro atoms. The van der Waals surface area contributed by atoms with Gasteiger partial charge in [-0.3, -0.25) is 14.5 Å². The zero-order valence-electron chi connectivity index (χ0n) is 19.1. The van der Waals surface area contributed by atoms with Gasteiger partial charge < -0.3 is 15.5 Å². The van der Waals surface area contributed by atoms with Crippen molar-refractivity contribution >= 4 is 56.5 Å². The van der Waals surface area contributed by atoms with Gasteiger partial charge in [0, 0.05) is 25.3 Å². The summed E-state index contributed by atoms with van der Waals surface area (Å²) in [6.45, 7) is 4.66. The predicted molar refractivity (Wildman–Crippen MR) is 136 cm³/mol. The third kappa shape index (κ3) is 3.85. The fraction of sp³-hybridized carbons (Fsp3) is 0.308. The number of anilines is 3. The monoisotopic (exact) mass is 487 g/mol. The van der Waals surface area contributed by atoms with Gasteiger partial charge in [-0.15, -0.1) is 11.3 Å². The van der Waals surface area contributed by atoms with Gasteiger partial charge in [-0.25, -0.2) is 9.78 Å². The van der Waals surface area contributed by atoms with Gasteiger partial charge in [0.15, 0.2) is 0 Å².